The van der Waals surface area contributed by atoms with Crippen molar-refractivity contribution in [2.24, 2.45) is 5.92 Å². The number of ether oxygens (including phenoxy) is 1. The summed E-state index contributed by atoms with van der Waals surface area (Å²) in [4.78, 5) is 14.3. The number of carbonyl (C=O) groups excluding carboxylic acids is 1. The van der Waals surface area contributed by atoms with Crippen LogP contribution in [0.1, 0.15) is 25.3 Å². The van der Waals surface area contributed by atoms with E-state index < -0.39 is 11.5 Å². The molecule has 1 aromatic rings. The smallest absolute Gasteiger partial charge is 0.310 e. The van der Waals surface area contributed by atoms with E-state index in [4.69, 9.17) is 4.74 Å². The third-order valence-electron chi connectivity index (χ3n) is 5.22. The van der Waals surface area contributed by atoms with E-state index in [-0.39, 0.29) is 17.9 Å². The topological polar surface area (TPSA) is 49.8 Å². The molecular formula is C16H21NO3. The Balaban J connectivity index is 2.13. The average Bonchev–Trinajstić information content (AvgIpc) is 2.70. The van der Waals surface area contributed by atoms with Crippen LogP contribution in [0.15, 0.2) is 24.3 Å². The highest BCUT2D eigenvalue weighted by Gasteiger charge is 2.57. The minimum Gasteiger partial charge on any atom is -0.469 e. The zero-order chi connectivity index (χ0) is 14.5. The molecule has 1 aliphatic heterocycles. The monoisotopic (exact) mass is 275 g/mol. The van der Waals surface area contributed by atoms with Gasteiger partial charge in [0.2, 0.25) is 0 Å². The zero-order valence-electron chi connectivity index (χ0n) is 12.2. The highest BCUT2D eigenvalue weighted by Crippen LogP contribution is 2.53. The lowest BCUT2D eigenvalue weighted by Gasteiger charge is -2.46. The second kappa shape index (κ2) is 4.48. The number of likely N-dealkylation sites (N-methyl/N-ethyl adjacent to an activating group) is 1. The van der Waals surface area contributed by atoms with Gasteiger partial charge < -0.3 is 14.7 Å². The van der Waals surface area contributed by atoms with E-state index in [1.165, 1.54) is 7.11 Å². The summed E-state index contributed by atoms with van der Waals surface area (Å²) in [6.45, 7) is 2.07. The molecule has 1 N–H and O–H groups in total. The van der Waals surface area contributed by atoms with Gasteiger partial charge in [-0.1, -0.05) is 25.1 Å². The van der Waals surface area contributed by atoms with Crippen molar-refractivity contribution in [1.82, 2.24) is 0 Å². The molecule has 4 unspecified atom stereocenters. The van der Waals surface area contributed by atoms with Crippen LogP contribution in [0.2, 0.25) is 0 Å². The van der Waals surface area contributed by atoms with E-state index in [1.54, 1.807) is 0 Å². The number of nitrogens with zero attached hydrogens (tertiary/aromatic N) is 1. The quantitative estimate of drug-likeness (QED) is 0.793. The summed E-state index contributed by atoms with van der Waals surface area (Å²) in [5.74, 6) is -0.362. The second-order valence-electron chi connectivity index (χ2n) is 6.08. The van der Waals surface area contributed by atoms with E-state index in [9.17, 15) is 9.90 Å². The number of carbonyl (C=O) groups is 1. The first-order chi connectivity index (χ1) is 9.51. The fraction of sp³-hybridized carbons (Fsp3) is 0.562. The van der Waals surface area contributed by atoms with Crippen LogP contribution in [-0.2, 0) is 14.9 Å². The summed E-state index contributed by atoms with van der Waals surface area (Å²) < 4.78 is 4.98. The summed E-state index contributed by atoms with van der Waals surface area (Å²) in [6.07, 6.45) is 0.876. The number of hydrogen-bond acceptors (Lipinski definition) is 4. The molecule has 4 heteroatoms. The number of hydrogen-bond donors (Lipinski definition) is 1. The van der Waals surface area contributed by atoms with Gasteiger partial charge in [0.1, 0.15) is 0 Å². The number of benzene rings is 1. The van der Waals surface area contributed by atoms with Crippen molar-refractivity contribution in [3.63, 3.8) is 0 Å². The highest BCUT2D eigenvalue weighted by molar-refractivity contribution is 5.77. The Labute approximate surface area is 119 Å². The standard InChI is InChI=1S/C16H21NO3/c1-16-11-6-4-5-7-12(11)17(2)14(16)10(15(19)20-3)8-9-13(16)18/h4-7,10,13-14,18H,8-9H2,1-3H3. The lowest BCUT2D eigenvalue weighted by molar-refractivity contribution is -0.149. The first-order valence-electron chi connectivity index (χ1n) is 7.10. The molecular weight excluding hydrogens is 254 g/mol. The lowest BCUT2D eigenvalue weighted by atomic mass is 9.63. The molecule has 0 aromatic heterocycles. The van der Waals surface area contributed by atoms with Gasteiger partial charge in [-0.15, -0.1) is 0 Å². The Morgan fingerprint density at radius 1 is 1.40 bits per heavy atom. The molecule has 108 valence electrons. The zero-order valence-corrected chi connectivity index (χ0v) is 12.2. The number of rotatable bonds is 1. The average molecular weight is 275 g/mol. The fourth-order valence-electron chi connectivity index (χ4n) is 4.21. The molecule has 4 nitrogen and oxygen atoms in total. The molecule has 0 radical (unpaired) electrons. The van der Waals surface area contributed by atoms with Crippen molar-refractivity contribution >= 4 is 11.7 Å². The summed E-state index contributed by atoms with van der Waals surface area (Å²) in [6, 6.07) is 8.06. The van der Waals surface area contributed by atoms with Crippen molar-refractivity contribution in [3.8, 4) is 0 Å². The number of aliphatic hydroxyl groups is 1. The number of anilines is 1. The van der Waals surface area contributed by atoms with Crippen LogP contribution < -0.4 is 4.90 Å². The Kier molecular flexibility index (Phi) is 3.01. The molecule has 1 heterocycles. The van der Waals surface area contributed by atoms with Crippen LogP contribution >= 0.6 is 0 Å². The van der Waals surface area contributed by atoms with Crippen molar-refractivity contribution < 1.29 is 14.6 Å². The maximum absolute atomic E-state index is 12.1. The van der Waals surface area contributed by atoms with Crippen molar-refractivity contribution in [2.75, 3.05) is 19.1 Å². The van der Waals surface area contributed by atoms with E-state index in [0.717, 1.165) is 11.3 Å². The number of aliphatic hydroxyl groups excluding tert-OH is 1. The van der Waals surface area contributed by atoms with Crippen LogP contribution in [0.4, 0.5) is 5.69 Å². The summed E-state index contributed by atoms with van der Waals surface area (Å²) in [5.41, 5.74) is 1.83. The minimum atomic E-state index is -0.431. The molecule has 0 amide bonds. The summed E-state index contributed by atoms with van der Waals surface area (Å²) in [5, 5.41) is 10.6. The molecule has 0 spiro atoms. The third kappa shape index (κ3) is 1.54. The molecule has 3 rings (SSSR count). The number of para-hydroxylation sites is 1. The van der Waals surface area contributed by atoms with Gasteiger partial charge in [-0.25, -0.2) is 0 Å². The van der Waals surface area contributed by atoms with Gasteiger partial charge in [-0.3, -0.25) is 4.79 Å². The van der Waals surface area contributed by atoms with Gasteiger partial charge >= 0.3 is 5.97 Å². The maximum Gasteiger partial charge on any atom is 0.310 e. The predicted octanol–water partition coefficient (Wildman–Crippen LogP) is 1.71. The normalized spacial score (nSPS) is 35.4. The molecule has 20 heavy (non-hydrogen) atoms. The number of methoxy groups -OCH3 is 1. The Bertz CT molecular complexity index is 544. The molecule has 1 aliphatic carbocycles. The summed E-state index contributed by atoms with van der Waals surface area (Å²) in [7, 11) is 3.44. The first-order valence-corrected chi connectivity index (χ1v) is 7.10. The summed E-state index contributed by atoms with van der Waals surface area (Å²) >= 11 is 0. The molecule has 2 aliphatic rings. The van der Waals surface area contributed by atoms with Gasteiger partial charge in [0.25, 0.3) is 0 Å². The van der Waals surface area contributed by atoms with Crippen molar-refractivity contribution in [3.05, 3.63) is 29.8 Å². The van der Waals surface area contributed by atoms with E-state index >= 15 is 0 Å². The second-order valence-corrected chi connectivity index (χ2v) is 6.08. The third-order valence-corrected chi connectivity index (χ3v) is 5.22. The van der Waals surface area contributed by atoms with Gasteiger partial charge in [-0.2, -0.15) is 0 Å². The van der Waals surface area contributed by atoms with E-state index in [1.807, 2.05) is 19.2 Å². The Morgan fingerprint density at radius 2 is 2.10 bits per heavy atom. The van der Waals surface area contributed by atoms with Gasteiger partial charge in [-0.05, 0) is 24.5 Å². The van der Waals surface area contributed by atoms with E-state index in [2.05, 4.69) is 24.0 Å². The SMILES string of the molecule is COC(=O)C1CCC(O)C2(C)c3ccccc3N(C)C12. The molecule has 1 saturated carbocycles. The van der Waals surface area contributed by atoms with E-state index in [0.29, 0.717) is 12.8 Å². The number of fused-ring (bicyclic) bond motifs is 3. The molecule has 1 fully saturated rings. The minimum absolute atomic E-state index is 0.0453. The Hall–Kier alpha value is -1.55. The van der Waals surface area contributed by atoms with Crippen LogP contribution in [0.3, 0.4) is 0 Å². The molecule has 4 atom stereocenters. The van der Waals surface area contributed by atoms with Crippen LogP contribution in [0.5, 0.6) is 0 Å². The van der Waals surface area contributed by atoms with Gasteiger partial charge in [0.15, 0.2) is 0 Å². The lowest BCUT2D eigenvalue weighted by Crippen LogP contribution is -2.58. The van der Waals surface area contributed by atoms with Crippen molar-refractivity contribution in [2.45, 2.75) is 37.3 Å². The van der Waals surface area contributed by atoms with Gasteiger partial charge in [0, 0.05) is 18.2 Å². The van der Waals surface area contributed by atoms with Crippen molar-refractivity contribution in [1.29, 1.82) is 0 Å². The van der Waals surface area contributed by atoms with Gasteiger partial charge in [0.05, 0.1) is 25.2 Å². The largest absolute Gasteiger partial charge is 0.469 e. The molecule has 1 aromatic carbocycles. The fourth-order valence-corrected chi connectivity index (χ4v) is 4.21. The Morgan fingerprint density at radius 3 is 2.80 bits per heavy atom. The number of esters is 1. The predicted molar refractivity (Wildman–Crippen MR) is 76.7 cm³/mol. The highest BCUT2D eigenvalue weighted by atomic mass is 16.5. The first kappa shape index (κ1) is 13.4. The van der Waals surface area contributed by atoms with Crippen LogP contribution in [0.25, 0.3) is 0 Å². The molecule has 0 bridgehead atoms. The van der Waals surface area contributed by atoms with Crippen LogP contribution in [0, 0.1) is 5.92 Å². The molecule has 0 saturated heterocycles. The maximum atomic E-state index is 12.1. The van der Waals surface area contributed by atoms with Crippen LogP contribution in [-0.4, -0.2) is 37.4 Å².